The van der Waals surface area contributed by atoms with Gasteiger partial charge in [-0.25, -0.2) is 4.98 Å². The van der Waals surface area contributed by atoms with Gasteiger partial charge >= 0.3 is 0 Å². The zero-order chi connectivity index (χ0) is 13.4. The molecular formula is C15H20N2S2. The van der Waals surface area contributed by atoms with Crippen LogP contribution in [-0.2, 0) is 6.42 Å². The molecule has 0 spiro atoms. The Balaban J connectivity index is 1.91. The summed E-state index contributed by atoms with van der Waals surface area (Å²) in [6.07, 6.45) is 3.74. The minimum absolute atomic E-state index is 0.301. The molecule has 0 amide bonds. The van der Waals surface area contributed by atoms with Crippen molar-refractivity contribution >= 4 is 22.7 Å². The third-order valence-corrected chi connectivity index (χ3v) is 6.02. The van der Waals surface area contributed by atoms with Crippen LogP contribution in [0.1, 0.15) is 51.1 Å². The first-order valence-corrected chi connectivity index (χ1v) is 8.59. The number of thiazole rings is 1. The van der Waals surface area contributed by atoms with Gasteiger partial charge in [0.15, 0.2) is 0 Å². The Bertz CT molecular complexity index is 547. The van der Waals surface area contributed by atoms with E-state index in [1.807, 2.05) is 22.7 Å². The summed E-state index contributed by atoms with van der Waals surface area (Å²) in [5.41, 5.74) is 1.18. The van der Waals surface area contributed by atoms with Gasteiger partial charge in [0.1, 0.15) is 5.01 Å². The molecule has 1 unspecified atom stereocenters. The van der Waals surface area contributed by atoms with Crippen molar-refractivity contribution in [3.63, 3.8) is 0 Å². The van der Waals surface area contributed by atoms with E-state index in [1.165, 1.54) is 38.2 Å². The van der Waals surface area contributed by atoms with Crippen LogP contribution in [0.25, 0.3) is 0 Å². The molecule has 2 aromatic rings. The normalized spacial score (nSPS) is 16.8. The second kappa shape index (κ2) is 5.35. The number of hydrogen-bond acceptors (Lipinski definition) is 4. The molecule has 1 saturated carbocycles. The maximum atomic E-state index is 4.77. The van der Waals surface area contributed by atoms with Crippen LogP contribution in [0.2, 0.25) is 0 Å². The molecule has 102 valence electrons. The number of nitrogens with one attached hydrogen (secondary N) is 1. The number of nitrogens with zero attached hydrogens (tertiary/aromatic N) is 1. The zero-order valence-electron chi connectivity index (χ0n) is 11.7. The summed E-state index contributed by atoms with van der Waals surface area (Å²) in [5.74, 6) is 0. The second-order valence-corrected chi connectivity index (χ2v) is 7.66. The van der Waals surface area contributed by atoms with E-state index in [9.17, 15) is 0 Å². The van der Waals surface area contributed by atoms with Gasteiger partial charge in [0.2, 0.25) is 0 Å². The van der Waals surface area contributed by atoms with E-state index in [0.29, 0.717) is 12.1 Å². The van der Waals surface area contributed by atoms with E-state index in [-0.39, 0.29) is 0 Å². The van der Waals surface area contributed by atoms with E-state index in [4.69, 9.17) is 4.98 Å². The summed E-state index contributed by atoms with van der Waals surface area (Å²) in [6, 6.07) is 5.53. The molecule has 1 aliphatic rings. The lowest BCUT2D eigenvalue weighted by molar-refractivity contribution is 0.605. The lowest BCUT2D eigenvalue weighted by Gasteiger charge is -2.14. The van der Waals surface area contributed by atoms with Crippen molar-refractivity contribution < 1.29 is 0 Å². The van der Waals surface area contributed by atoms with Crippen molar-refractivity contribution in [2.45, 2.75) is 52.1 Å². The summed E-state index contributed by atoms with van der Waals surface area (Å²) in [6.45, 7) is 6.49. The van der Waals surface area contributed by atoms with E-state index < -0.39 is 0 Å². The highest BCUT2D eigenvalue weighted by molar-refractivity contribution is 7.13. The fourth-order valence-corrected chi connectivity index (χ4v) is 4.22. The Kier molecular flexibility index (Phi) is 3.74. The van der Waals surface area contributed by atoms with Crippen LogP contribution in [0.15, 0.2) is 12.1 Å². The summed E-state index contributed by atoms with van der Waals surface area (Å²) < 4.78 is 0. The molecule has 0 radical (unpaired) electrons. The molecule has 0 aliphatic heterocycles. The van der Waals surface area contributed by atoms with Gasteiger partial charge in [-0.3, -0.25) is 0 Å². The standard InChI is InChI=1S/C15H20N2S2/c1-4-12-7-8-13(19-12)14(17-11-5-6-11)15-16-9(2)10(3)18-15/h7-8,11,14,17H,4-6H2,1-3H3. The Morgan fingerprint density at radius 2 is 2.11 bits per heavy atom. The maximum Gasteiger partial charge on any atom is 0.115 e. The molecule has 19 heavy (non-hydrogen) atoms. The molecular weight excluding hydrogens is 272 g/mol. The molecule has 0 aromatic carbocycles. The Morgan fingerprint density at radius 1 is 1.32 bits per heavy atom. The smallest absolute Gasteiger partial charge is 0.115 e. The van der Waals surface area contributed by atoms with Gasteiger partial charge in [-0.2, -0.15) is 0 Å². The minimum atomic E-state index is 0.301. The van der Waals surface area contributed by atoms with Crippen LogP contribution < -0.4 is 5.32 Å². The molecule has 2 heterocycles. The largest absolute Gasteiger partial charge is 0.301 e. The van der Waals surface area contributed by atoms with Gasteiger partial charge < -0.3 is 5.32 Å². The first kappa shape index (κ1) is 13.3. The minimum Gasteiger partial charge on any atom is -0.301 e. The summed E-state index contributed by atoms with van der Waals surface area (Å²) in [5, 5.41) is 4.99. The highest BCUT2D eigenvalue weighted by Gasteiger charge is 2.29. The van der Waals surface area contributed by atoms with Crippen molar-refractivity contribution in [2.75, 3.05) is 0 Å². The second-order valence-electron chi connectivity index (χ2n) is 5.23. The van der Waals surface area contributed by atoms with Crippen molar-refractivity contribution in [1.82, 2.24) is 10.3 Å². The monoisotopic (exact) mass is 292 g/mol. The van der Waals surface area contributed by atoms with Crippen molar-refractivity contribution in [3.8, 4) is 0 Å². The van der Waals surface area contributed by atoms with E-state index in [0.717, 1.165) is 6.42 Å². The van der Waals surface area contributed by atoms with Crippen LogP contribution >= 0.6 is 22.7 Å². The number of aryl methyl sites for hydroxylation is 3. The van der Waals surface area contributed by atoms with Crippen LogP contribution in [0, 0.1) is 13.8 Å². The van der Waals surface area contributed by atoms with Crippen LogP contribution in [0.5, 0.6) is 0 Å². The molecule has 1 fully saturated rings. The summed E-state index contributed by atoms with van der Waals surface area (Å²) in [4.78, 5) is 8.98. The van der Waals surface area contributed by atoms with Crippen LogP contribution in [0.4, 0.5) is 0 Å². The molecule has 0 bridgehead atoms. The highest BCUT2D eigenvalue weighted by atomic mass is 32.1. The van der Waals surface area contributed by atoms with Gasteiger partial charge in [0.25, 0.3) is 0 Å². The van der Waals surface area contributed by atoms with Gasteiger partial charge in [-0.15, -0.1) is 22.7 Å². The lowest BCUT2D eigenvalue weighted by Crippen LogP contribution is -2.23. The van der Waals surface area contributed by atoms with E-state index in [2.05, 4.69) is 38.2 Å². The average molecular weight is 292 g/mol. The number of thiophene rings is 1. The summed E-state index contributed by atoms with van der Waals surface area (Å²) >= 11 is 3.76. The fourth-order valence-electron chi connectivity index (χ4n) is 2.12. The zero-order valence-corrected chi connectivity index (χ0v) is 13.3. The topological polar surface area (TPSA) is 24.9 Å². The van der Waals surface area contributed by atoms with Crippen molar-refractivity contribution in [2.24, 2.45) is 0 Å². The first-order chi connectivity index (χ1) is 9.17. The van der Waals surface area contributed by atoms with E-state index in [1.54, 1.807) is 0 Å². The van der Waals surface area contributed by atoms with Crippen molar-refractivity contribution in [3.05, 3.63) is 37.5 Å². The predicted octanol–water partition coefficient (Wildman–Crippen LogP) is 4.23. The third-order valence-electron chi connectivity index (χ3n) is 3.59. The van der Waals surface area contributed by atoms with Gasteiger partial charge in [-0.1, -0.05) is 6.92 Å². The Morgan fingerprint density at radius 3 is 2.63 bits per heavy atom. The van der Waals surface area contributed by atoms with Gasteiger partial charge in [0, 0.05) is 20.7 Å². The molecule has 1 aliphatic carbocycles. The fraction of sp³-hybridized carbons (Fsp3) is 0.533. The molecule has 1 N–H and O–H groups in total. The van der Waals surface area contributed by atoms with Crippen LogP contribution in [-0.4, -0.2) is 11.0 Å². The lowest BCUT2D eigenvalue weighted by atomic mass is 10.2. The Labute approximate surface area is 122 Å². The molecule has 2 aromatic heterocycles. The third kappa shape index (κ3) is 2.91. The molecule has 0 saturated heterocycles. The maximum absolute atomic E-state index is 4.77. The number of aromatic nitrogens is 1. The Hall–Kier alpha value is -0.710. The van der Waals surface area contributed by atoms with Crippen LogP contribution in [0.3, 0.4) is 0 Å². The van der Waals surface area contributed by atoms with E-state index >= 15 is 0 Å². The SMILES string of the molecule is CCc1ccc(C(NC2CC2)c2nc(C)c(C)s2)s1. The highest BCUT2D eigenvalue weighted by Crippen LogP contribution is 2.35. The average Bonchev–Trinajstić information content (AvgIpc) is 2.99. The molecule has 1 atom stereocenters. The predicted molar refractivity (Wildman–Crippen MR) is 83.3 cm³/mol. The quantitative estimate of drug-likeness (QED) is 0.892. The van der Waals surface area contributed by atoms with Crippen molar-refractivity contribution in [1.29, 1.82) is 0 Å². The first-order valence-electron chi connectivity index (χ1n) is 6.96. The summed E-state index contributed by atoms with van der Waals surface area (Å²) in [7, 11) is 0. The number of hydrogen-bond donors (Lipinski definition) is 1. The molecule has 2 nitrogen and oxygen atoms in total. The molecule has 3 rings (SSSR count). The van der Waals surface area contributed by atoms with Gasteiger partial charge in [0.05, 0.1) is 11.7 Å². The van der Waals surface area contributed by atoms with Gasteiger partial charge in [-0.05, 0) is 45.2 Å². The number of rotatable bonds is 5. The molecule has 4 heteroatoms.